The van der Waals surface area contributed by atoms with Gasteiger partial charge >= 0.3 is 5.97 Å². The summed E-state index contributed by atoms with van der Waals surface area (Å²) in [6.45, 7) is 3.69. The van der Waals surface area contributed by atoms with E-state index in [4.69, 9.17) is 9.84 Å². The highest BCUT2D eigenvalue weighted by Gasteiger charge is 2.15. The van der Waals surface area contributed by atoms with E-state index in [-0.39, 0.29) is 11.5 Å². The summed E-state index contributed by atoms with van der Waals surface area (Å²) < 4.78 is 5.21. The van der Waals surface area contributed by atoms with E-state index in [9.17, 15) is 9.59 Å². The molecule has 0 radical (unpaired) electrons. The van der Waals surface area contributed by atoms with Crippen LogP contribution in [-0.4, -0.2) is 54.7 Å². The van der Waals surface area contributed by atoms with Crippen LogP contribution in [0.3, 0.4) is 0 Å². The summed E-state index contributed by atoms with van der Waals surface area (Å²) in [6, 6.07) is 6.79. The van der Waals surface area contributed by atoms with Crippen molar-refractivity contribution < 1.29 is 19.4 Å². The molecule has 1 fully saturated rings. The minimum Gasteiger partial charge on any atom is -0.478 e. The minimum atomic E-state index is -0.931. The average Bonchev–Trinajstić information content (AvgIpc) is 2.52. The predicted molar refractivity (Wildman–Crippen MR) is 77.1 cm³/mol. The molecule has 0 unspecified atom stereocenters. The quantitative estimate of drug-likeness (QED) is 0.755. The Morgan fingerprint density at radius 3 is 2.76 bits per heavy atom. The standard InChI is InChI=1S/C15H20N2O4/c18-14(17-6-8-21-9-7-17)4-5-16-11-12-2-1-3-13(10-12)15(19)20/h1-3,10,16H,4-9,11H2,(H,19,20). The molecule has 1 amide bonds. The Morgan fingerprint density at radius 1 is 1.29 bits per heavy atom. The van der Waals surface area contributed by atoms with Crippen molar-refractivity contribution in [1.82, 2.24) is 10.2 Å². The van der Waals surface area contributed by atoms with Gasteiger partial charge in [0.2, 0.25) is 5.91 Å². The lowest BCUT2D eigenvalue weighted by Gasteiger charge is -2.26. The lowest BCUT2D eigenvalue weighted by atomic mass is 10.1. The molecule has 1 heterocycles. The van der Waals surface area contributed by atoms with Crippen LogP contribution in [0.1, 0.15) is 22.3 Å². The second-order valence-corrected chi connectivity index (χ2v) is 4.93. The summed E-state index contributed by atoms with van der Waals surface area (Å²) in [5, 5.41) is 12.1. The van der Waals surface area contributed by atoms with Crippen LogP contribution in [0.15, 0.2) is 24.3 Å². The van der Waals surface area contributed by atoms with E-state index in [0.29, 0.717) is 45.8 Å². The Bertz CT molecular complexity index is 498. The topological polar surface area (TPSA) is 78.9 Å². The Balaban J connectivity index is 1.70. The number of carbonyl (C=O) groups is 2. The fourth-order valence-electron chi connectivity index (χ4n) is 2.21. The molecule has 1 aliphatic heterocycles. The van der Waals surface area contributed by atoms with Crippen LogP contribution in [0.2, 0.25) is 0 Å². The Hall–Kier alpha value is -1.92. The zero-order valence-electron chi connectivity index (χ0n) is 11.9. The molecule has 0 aromatic heterocycles. The lowest BCUT2D eigenvalue weighted by Crippen LogP contribution is -2.41. The molecule has 6 nitrogen and oxygen atoms in total. The molecule has 0 aliphatic carbocycles. The Kier molecular flexibility index (Phi) is 5.71. The molecule has 2 N–H and O–H groups in total. The number of amides is 1. The maximum Gasteiger partial charge on any atom is 0.335 e. The molecule has 1 aromatic rings. The molecule has 6 heteroatoms. The molecule has 0 spiro atoms. The normalized spacial score (nSPS) is 15.0. The zero-order valence-corrected chi connectivity index (χ0v) is 11.9. The first kappa shape index (κ1) is 15.5. The number of nitrogens with one attached hydrogen (secondary N) is 1. The van der Waals surface area contributed by atoms with Crippen molar-refractivity contribution in [3.05, 3.63) is 35.4 Å². The molecule has 1 aliphatic rings. The number of rotatable bonds is 6. The van der Waals surface area contributed by atoms with Gasteiger partial charge in [-0.1, -0.05) is 12.1 Å². The number of nitrogens with zero attached hydrogens (tertiary/aromatic N) is 1. The van der Waals surface area contributed by atoms with Crippen LogP contribution in [0.4, 0.5) is 0 Å². The van der Waals surface area contributed by atoms with Crippen molar-refractivity contribution >= 4 is 11.9 Å². The first-order valence-electron chi connectivity index (χ1n) is 7.05. The number of benzene rings is 1. The molecule has 1 aromatic carbocycles. The maximum absolute atomic E-state index is 11.9. The number of carboxylic acid groups (broad SMARTS) is 1. The fourth-order valence-corrected chi connectivity index (χ4v) is 2.21. The number of hydrogen-bond donors (Lipinski definition) is 2. The molecular weight excluding hydrogens is 272 g/mol. The third kappa shape index (κ3) is 4.84. The predicted octanol–water partition coefficient (Wildman–Crippen LogP) is 0.723. The van der Waals surface area contributed by atoms with E-state index in [1.807, 2.05) is 11.0 Å². The van der Waals surface area contributed by atoms with E-state index in [2.05, 4.69) is 5.32 Å². The largest absolute Gasteiger partial charge is 0.478 e. The summed E-state index contributed by atoms with van der Waals surface area (Å²) in [4.78, 5) is 24.6. The van der Waals surface area contributed by atoms with Gasteiger partial charge in [-0.3, -0.25) is 4.79 Å². The highest BCUT2D eigenvalue weighted by molar-refractivity contribution is 5.87. The van der Waals surface area contributed by atoms with Crippen LogP contribution in [0.25, 0.3) is 0 Å². The minimum absolute atomic E-state index is 0.130. The third-order valence-corrected chi connectivity index (χ3v) is 3.38. The van der Waals surface area contributed by atoms with Crippen LogP contribution in [0.5, 0.6) is 0 Å². The second kappa shape index (κ2) is 7.75. The van der Waals surface area contributed by atoms with Gasteiger partial charge in [-0.05, 0) is 17.7 Å². The summed E-state index contributed by atoms with van der Waals surface area (Å²) in [5.41, 5.74) is 1.17. The fraction of sp³-hybridized carbons (Fsp3) is 0.467. The van der Waals surface area contributed by atoms with Gasteiger partial charge in [0.25, 0.3) is 0 Å². The molecular formula is C15H20N2O4. The zero-order chi connectivity index (χ0) is 15.1. The SMILES string of the molecule is O=C(O)c1cccc(CNCCC(=O)N2CCOCC2)c1. The molecule has 114 valence electrons. The van der Waals surface area contributed by atoms with Crippen molar-refractivity contribution in [3.8, 4) is 0 Å². The molecule has 21 heavy (non-hydrogen) atoms. The van der Waals surface area contributed by atoms with E-state index in [1.165, 1.54) is 0 Å². The Labute approximate surface area is 123 Å². The maximum atomic E-state index is 11.9. The summed E-state index contributed by atoms with van der Waals surface area (Å²) in [6.07, 6.45) is 0.443. The third-order valence-electron chi connectivity index (χ3n) is 3.38. The van der Waals surface area contributed by atoms with Crippen molar-refractivity contribution in [3.63, 3.8) is 0 Å². The van der Waals surface area contributed by atoms with E-state index in [0.717, 1.165) is 5.56 Å². The van der Waals surface area contributed by atoms with Crippen molar-refractivity contribution in [2.45, 2.75) is 13.0 Å². The highest BCUT2D eigenvalue weighted by Crippen LogP contribution is 2.05. The summed E-state index contributed by atoms with van der Waals surface area (Å²) in [5.74, 6) is -0.801. The summed E-state index contributed by atoms with van der Waals surface area (Å²) >= 11 is 0. The van der Waals surface area contributed by atoms with Crippen molar-refractivity contribution in [2.24, 2.45) is 0 Å². The van der Waals surface area contributed by atoms with Crippen LogP contribution in [0, 0.1) is 0 Å². The van der Waals surface area contributed by atoms with Gasteiger partial charge in [-0.15, -0.1) is 0 Å². The van der Waals surface area contributed by atoms with Gasteiger partial charge < -0.3 is 20.1 Å². The van der Waals surface area contributed by atoms with Crippen LogP contribution < -0.4 is 5.32 Å². The first-order chi connectivity index (χ1) is 10.2. The molecule has 0 atom stereocenters. The Morgan fingerprint density at radius 2 is 2.05 bits per heavy atom. The highest BCUT2D eigenvalue weighted by atomic mass is 16.5. The van der Waals surface area contributed by atoms with Gasteiger partial charge in [0.1, 0.15) is 0 Å². The average molecular weight is 292 g/mol. The van der Waals surface area contributed by atoms with E-state index >= 15 is 0 Å². The van der Waals surface area contributed by atoms with E-state index < -0.39 is 5.97 Å². The van der Waals surface area contributed by atoms with Gasteiger partial charge in [0.05, 0.1) is 18.8 Å². The second-order valence-electron chi connectivity index (χ2n) is 4.93. The number of carboxylic acids is 1. The monoisotopic (exact) mass is 292 g/mol. The smallest absolute Gasteiger partial charge is 0.335 e. The van der Waals surface area contributed by atoms with Crippen molar-refractivity contribution in [2.75, 3.05) is 32.8 Å². The van der Waals surface area contributed by atoms with Gasteiger partial charge in [-0.25, -0.2) is 4.79 Å². The van der Waals surface area contributed by atoms with Crippen molar-refractivity contribution in [1.29, 1.82) is 0 Å². The van der Waals surface area contributed by atoms with Gasteiger partial charge in [-0.2, -0.15) is 0 Å². The molecule has 2 rings (SSSR count). The number of morpholine rings is 1. The van der Waals surface area contributed by atoms with E-state index in [1.54, 1.807) is 18.2 Å². The number of aromatic carboxylic acids is 1. The number of hydrogen-bond acceptors (Lipinski definition) is 4. The molecule has 0 saturated carbocycles. The molecule has 1 saturated heterocycles. The van der Waals surface area contributed by atoms with Gasteiger partial charge in [0, 0.05) is 32.6 Å². The summed E-state index contributed by atoms with van der Waals surface area (Å²) in [7, 11) is 0. The first-order valence-corrected chi connectivity index (χ1v) is 7.05. The molecule has 0 bridgehead atoms. The lowest BCUT2D eigenvalue weighted by molar-refractivity contribution is -0.135. The number of ether oxygens (including phenoxy) is 1. The van der Waals surface area contributed by atoms with Crippen LogP contribution >= 0.6 is 0 Å². The van der Waals surface area contributed by atoms with Crippen LogP contribution in [-0.2, 0) is 16.1 Å². The van der Waals surface area contributed by atoms with Gasteiger partial charge in [0.15, 0.2) is 0 Å². The number of carbonyl (C=O) groups excluding carboxylic acids is 1.